The SMILES string of the molecule is CC1CN(CC(O)COc2ccccc2F)CCN1CC(=O)NC1CCCC1. The summed E-state index contributed by atoms with van der Waals surface area (Å²) in [6.45, 7) is 5.44. The van der Waals surface area contributed by atoms with Crippen molar-refractivity contribution in [2.75, 3.05) is 39.3 Å². The van der Waals surface area contributed by atoms with Crippen LogP contribution < -0.4 is 10.1 Å². The largest absolute Gasteiger partial charge is 0.488 e. The minimum atomic E-state index is -0.691. The molecule has 1 saturated carbocycles. The third-order valence-electron chi connectivity index (χ3n) is 5.65. The van der Waals surface area contributed by atoms with Gasteiger partial charge in [-0.2, -0.15) is 0 Å². The van der Waals surface area contributed by atoms with Gasteiger partial charge in [0.25, 0.3) is 0 Å². The number of piperazine rings is 1. The predicted molar refractivity (Wildman–Crippen MR) is 106 cm³/mol. The van der Waals surface area contributed by atoms with Crippen LogP contribution in [0.4, 0.5) is 4.39 Å². The van der Waals surface area contributed by atoms with E-state index in [2.05, 4.69) is 22.0 Å². The zero-order valence-corrected chi connectivity index (χ0v) is 16.6. The monoisotopic (exact) mass is 393 g/mol. The summed E-state index contributed by atoms with van der Waals surface area (Å²) >= 11 is 0. The van der Waals surface area contributed by atoms with Crippen molar-refractivity contribution >= 4 is 5.91 Å². The van der Waals surface area contributed by atoms with Crippen LogP contribution in [-0.2, 0) is 4.79 Å². The number of nitrogens with zero attached hydrogens (tertiary/aromatic N) is 2. The quantitative estimate of drug-likeness (QED) is 0.703. The van der Waals surface area contributed by atoms with Crippen molar-refractivity contribution in [1.82, 2.24) is 15.1 Å². The number of halogens is 1. The number of aliphatic hydroxyl groups is 1. The summed E-state index contributed by atoms with van der Waals surface area (Å²) in [5, 5.41) is 13.4. The third-order valence-corrected chi connectivity index (χ3v) is 5.65. The van der Waals surface area contributed by atoms with Crippen LogP contribution in [0.2, 0.25) is 0 Å². The predicted octanol–water partition coefficient (Wildman–Crippen LogP) is 1.63. The maximum Gasteiger partial charge on any atom is 0.234 e. The molecule has 6 nitrogen and oxygen atoms in total. The van der Waals surface area contributed by atoms with Gasteiger partial charge in [-0.25, -0.2) is 4.39 Å². The second kappa shape index (κ2) is 10.2. The molecule has 1 saturated heterocycles. The van der Waals surface area contributed by atoms with E-state index in [1.807, 2.05) is 0 Å². The molecule has 156 valence electrons. The summed E-state index contributed by atoms with van der Waals surface area (Å²) in [4.78, 5) is 16.6. The maximum atomic E-state index is 13.6. The smallest absolute Gasteiger partial charge is 0.234 e. The van der Waals surface area contributed by atoms with Crippen LogP contribution >= 0.6 is 0 Å². The summed E-state index contributed by atoms with van der Waals surface area (Å²) in [5.41, 5.74) is 0. The average molecular weight is 394 g/mol. The van der Waals surface area contributed by atoms with Crippen molar-refractivity contribution < 1.29 is 19.0 Å². The van der Waals surface area contributed by atoms with Gasteiger partial charge < -0.3 is 15.2 Å². The molecule has 1 aromatic carbocycles. The van der Waals surface area contributed by atoms with E-state index >= 15 is 0 Å². The molecule has 1 aromatic rings. The third kappa shape index (κ3) is 6.15. The highest BCUT2D eigenvalue weighted by Crippen LogP contribution is 2.18. The number of para-hydroxylation sites is 1. The minimum absolute atomic E-state index is 0.0549. The van der Waals surface area contributed by atoms with Crippen molar-refractivity contribution in [1.29, 1.82) is 0 Å². The first-order chi connectivity index (χ1) is 13.5. The zero-order valence-electron chi connectivity index (χ0n) is 16.6. The van der Waals surface area contributed by atoms with E-state index in [0.717, 1.165) is 32.5 Å². The second-order valence-electron chi connectivity index (χ2n) is 8.02. The Balaban J connectivity index is 1.37. The molecule has 2 aliphatic rings. The Morgan fingerprint density at radius 2 is 2.07 bits per heavy atom. The van der Waals surface area contributed by atoms with Gasteiger partial charge in [0.15, 0.2) is 11.6 Å². The lowest BCUT2D eigenvalue weighted by molar-refractivity contribution is -0.124. The zero-order chi connectivity index (χ0) is 19.9. The van der Waals surface area contributed by atoms with Crippen LogP contribution in [-0.4, -0.2) is 78.3 Å². The molecule has 2 unspecified atom stereocenters. The standard InChI is InChI=1S/C21H32FN3O3/c1-16-12-24(13-18(26)15-28-20-9-5-4-8-19(20)22)10-11-25(16)14-21(27)23-17-6-2-3-7-17/h4-5,8-9,16-18,26H,2-3,6-7,10-15H2,1H3,(H,23,27). The summed E-state index contributed by atoms with van der Waals surface area (Å²) in [6.07, 6.45) is 3.93. The highest BCUT2D eigenvalue weighted by Gasteiger charge is 2.27. The van der Waals surface area contributed by atoms with E-state index in [0.29, 0.717) is 19.1 Å². The molecule has 1 heterocycles. The van der Waals surface area contributed by atoms with Crippen molar-refractivity contribution in [3.63, 3.8) is 0 Å². The van der Waals surface area contributed by atoms with Gasteiger partial charge in [-0.3, -0.25) is 14.6 Å². The number of nitrogens with one attached hydrogen (secondary N) is 1. The number of ether oxygens (including phenoxy) is 1. The molecule has 2 fully saturated rings. The summed E-state index contributed by atoms with van der Waals surface area (Å²) in [5.74, 6) is -0.147. The second-order valence-corrected chi connectivity index (χ2v) is 8.02. The number of rotatable bonds is 8. The van der Waals surface area contributed by atoms with E-state index in [9.17, 15) is 14.3 Å². The number of amides is 1. The fraction of sp³-hybridized carbons (Fsp3) is 0.667. The highest BCUT2D eigenvalue weighted by molar-refractivity contribution is 5.78. The molecule has 2 atom stereocenters. The number of β-amino-alcohol motifs (C(OH)–C–C–N with tert-alkyl or cyclic N) is 1. The van der Waals surface area contributed by atoms with Crippen LogP contribution in [0.5, 0.6) is 5.75 Å². The first-order valence-electron chi connectivity index (χ1n) is 10.3. The summed E-state index contributed by atoms with van der Waals surface area (Å²) < 4.78 is 19.0. The maximum absolute atomic E-state index is 13.6. The van der Waals surface area contributed by atoms with Crippen molar-refractivity contribution in [2.24, 2.45) is 0 Å². The number of carbonyl (C=O) groups is 1. The molecule has 0 spiro atoms. The Morgan fingerprint density at radius 1 is 1.32 bits per heavy atom. The van der Waals surface area contributed by atoms with Gasteiger partial charge in [0.2, 0.25) is 5.91 Å². The molecular formula is C21H32FN3O3. The van der Waals surface area contributed by atoms with Gasteiger partial charge in [0.05, 0.1) is 6.54 Å². The van der Waals surface area contributed by atoms with Gasteiger partial charge in [0, 0.05) is 38.3 Å². The fourth-order valence-electron chi connectivity index (χ4n) is 4.10. The Hall–Kier alpha value is -1.70. The van der Waals surface area contributed by atoms with Crippen molar-refractivity contribution in [2.45, 2.75) is 50.8 Å². The number of hydrogen-bond acceptors (Lipinski definition) is 5. The normalized spacial score (nSPS) is 22.9. The van der Waals surface area contributed by atoms with Crippen LogP contribution in [0.25, 0.3) is 0 Å². The van der Waals surface area contributed by atoms with Crippen LogP contribution in [0.3, 0.4) is 0 Å². The Kier molecular flexibility index (Phi) is 7.65. The molecule has 1 aliphatic carbocycles. The lowest BCUT2D eigenvalue weighted by atomic mass is 10.1. The van der Waals surface area contributed by atoms with E-state index in [4.69, 9.17) is 4.74 Å². The first kappa shape index (κ1) is 21.0. The number of aliphatic hydroxyl groups excluding tert-OH is 1. The average Bonchev–Trinajstić information content (AvgIpc) is 3.16. The summed E-state index contributed by atoms with van der Waals surface area (Å²) in [6, 6.07) is 6.80. The topological polar surface area (TPSA) is 65.0 Å². The Bertz CT molecular complexity index is 639. The first-order valence-corrected chi connectivity index (χ1v) is 10.3. The molecule has 0 bridgehead atoms. The van der Waals surface area contributed by atoms with Gasteiger partial charge in [-0.1, -0.05) is 25.0 Å². The van der Waals surface area contributed by atoms with E-state index in [1.54, 1.807) is 18.2 Å². The molecule has 7 heteroatoms. The number of benzene rings is 1. The fourth-order valence-corrected chi connectivity index (χ4v) is 4.10. The lowest BCUT2D eigenvalue weighted by Gasteiger charge is -2.40. The van der Waals surface area contributed by atoms with E-state index in [1.165, 1.54) is 18.9 Å². The molecular weight excluding hydrogens is 361 g/mol. The number of hydrogen-bond donors (Lipinski definition) is 2. The van der Waals surface area contributed by atoms with Crippen molar-refractivity contribution in [3.8, 4) is 5.75 Å². The molecule has 2 N–H and O–H groups in total. The van der Waals surface area contributed by atoms with Gasteiger partial charge >= 0.3 is 0 Å². The van der Waals surface area contributed by atoms with Gasteiger partial charge in [0.1, 0.15) is 12.7 Å². The molecule has 1 amide bonds. The minimum Gasteiger partial charge on any atom is -0.488 e. The highest BCUT2D eigenvalue weighted by atomic mass is 19.1. The van der Waals surface area contributed by atoms with Gasteiger partial charge in [-0.15, -0.1) is 0 Å². The van der Waals surface area contributed by atoms with Gasteiger partial charge in [-0.05, 0) is 31.9 Å². The lowest BCUT2D eigenvalue weighted by Crippen LogP contribution is -2.56. The Labute approximate surface area is 166 Å². The molecule has 0 aromatic heterocycles. The van der Waals surface area contributed by atoms with Crippen LogP contribution in [0.1, 0.15) is 32.6 Å². The summed E-state index contributed by atoms with van der Waals surface area (Å²) in [7, 11) is 0. The van der Waals surface area contributed by atoms with E-state index < -0.39 is 11.9 Å². The van der Waals surface area contributed by atoms with E-state index in [-0.39, 0.29) is 24.3 Å². The molecule has 0 radical (unpaired) electrons. The van der Waals surface area contributed by atoms with Crippen LogP contribution in [0, 0.1) is 5.82 Å². The van der Waals surface area contributed by atoms with Crippen molar-refractivity contribution in [3.05, 3.63) is 30.1 Å². The van der Waals surface area contributed by atoms with Crippen LogP contribution in [0.15, 0.2) is 24.3 Å². The Morgan fingerprint density at radius 3 is 2.79 bits per heavy atom. The number of carbonyl (C=O) groups excluding carboxylic acids is 1. The molecule has 3 rings (SSSR count). The molecule has 1 aliphatic heterocycles. The molecule has 28 heavy (non-hydrogen) atoms.